The minimum atomic E-state index is -1.01. The molecular weight excluding hydrogens is 220 g/mol. The maximum Gasteiger partial charge on any atom is 0.334 e. The van der Waals surface area contributed by atoms with E-state index in [9.17, 15) is 9.90 Å². The van der Waals surface area contributed by atoms with E-state index >= 15 is 0 Å². The van der Waals surface area contributed by atoms with Crippen LogP contribution >= 0.6 is 0 Å². The van der Waals surface area contributed by atoms with E-state index in [1.807, 2.05) is 6.92 Å². The van der Waals surface area contributed by atoms with Crippen LogP contribution in [-0.4, -0.2) is 16.2 Å². The van der Waals surface area contributed by atoms with E-state index in [1.165, 1.54) is 13.0 Å². The lowest BCUT2D eigenvalue weighted by atomic mass is 10.2. The van der Waals surface area contributed by atoms with Gasteiger partial charge in [0, 0.05) is 6.42 Å². The van der Waals surface area contributed by atoms with Gasteiger partial charge in [-0.15, -0.1) is 0 Å². The summed E-state index contributed by atoms with van der Waals surface area (Å²) in [5.41, 5.74) is 0.162. The molecule has 0 aliphatic rings. The summed E-state index contributed by atoms with van der Waals surface area (Å²) < 4.78 is 5.46. The zero-order valence-corrected chi connectivity index (χ0v) is 9.93. The van der Waals surface area contributed by atoms with Crippen LogP contribution in [0.2, 0.25) is 0 Å². The summed E-state index contributed by atoms with van der Waals surface area (Å²) in [5, 5.41) is 18.5. The highest BCUT2D eigenvalue weighted by Gasteiger charge is 2.12. The lowest BCUT2D eigenvalue weighted by molar-refractivity contribution is -0.132. The van der Waals surface area contributed by atoms with Gasteiger partial charge in [-0.2, -0.15) is 0 Å². The number of allylic oxidation sites excluding steroid dienone is 1. The number of benzene rings is 1. The Morgan fingerprint density at radius 1 is 1.35 bits per heavy atom. The van der Waals surface area contributed by atoms with Gasteiger partial charge in [-0.05, 0) is 25.5 Å². The molecule has 1 aromatic carbocycles. The lowest BCUT2D eigenvalue weighted by Crippen LogP contribution is -2.06. The summed E-state index contributed by atoms with van der Waals surface area (Å²) in [6.45, 7) is 3.43. The van der Waals surface area contributed by atoms with Crippen molar-refractivity contribution in [1.82, 2.24) is 0 Å². The fourth-order valence-corrected chi connectivity index (χ4v) is 1.34. The molecule has 92 valence electrons. The Bertz CT molecular complexity index is 435. The topological polar surface area (TPSA) is 66.8 Å². The predicted molar refractivity (Wildman–Crippen MR) is 64.0 cm³/mol. The highest BCUT2D eigenvalue weighted by Crippen LogP contribution is 2.28. The Hall–Kier alpha value is -1.97. The third-order valence-corrected chi connectivity index (χ3v) is 2.31. The van der Waals surface area contributed by atoms with Gasteiger partial charge in [0.15, 0.2) is 11.5 Å². The average molecular weight is 236 g/mol. The molecule has 0 aromatic heterocycles. The van der Waals surface area contributed by atoms with E-state index in [2.05, 4.69) is 0 Å². The molecule has 0 aliphatic carbocycles. The molecule has 0 saturated carbocycles. The van der Waals surface area contributed by atoms with Crippen LogP contribution in [0.15, 0.2) is 35.6 Å². The molecule has 0 atom stereocenters. The quantitative estimate of drug-likeness (QED) is 0.609. The number of ether oxygens (including phenoxy) is 1. The number of phenolic OH excluding ortho intramolecular Hbond substituents is 1. The van der Waals surface area contributed by atoms with E-state index in [0.29, 0.717) is 12.2 Å². The molecule has 2 N–H and O–H groups in total. The van der Waals surface area contributed by atoms with Crippen molar-refractivity contribution in [2.75, 3.05) is 0 Å². The molecule has 0 aliphatic heterocycles. The number of carbonyl (C=O) groups is 1. The van der Waals surface area contributed by atoms with Gasteiger partial charge in [0.1, 0.15) is 5.76 Å². The molecule has 4 heteroatoms. The van der Waals surface area contributed by atoms with Crippen LogP contribution in [0.25, 0.3) is 0 Å². The van der Waals surface area contributed by atoms with Crippen LogP contribution < -0.4 is 4.74 Å². The number of rotatable bonds is 5. The van der Waals surface area contributed by atoms with Crippen molar-refractivity contribution >= 4 is 5.97 Å². The molecule has 0 radical (unpaired) electrons. The summed E-state index contributed by atoms with van der Waals surface area (Å²) in [6, 6.07) is 6.49. The third kappa shape index (κ3) is 3.52. The Morgan fingerprint density at radius 3 is 2.53 bits per heavy atom. The molecule has 1 aromatic rings. The van der Waals surface area contributed by atoms with Crippen molar-refractivity contribution in [2.24, 2.45) is 0 Å². The predicted octanol–water partition coefficient (Wildman–Crippen LogP) is 2.93. The Morgan fingerprint density at radius 2 is 2.00 bits per heavy atom. The van der Waals surface area contributed by atoms with Crippen LogP contribution in [-0.2, 0) is 4.79 Å². The molecule has 0 saturated heterocycles. The van der Waals surface area contributed by atoms with Gasteiger partial charge >= 0.3 is 5.97 Å². The largest absolute Gasteiger partial charge is 0.504 e. The van der Waals surface area contributed by atoms with Gasteiger partial charge in [0.25, 0.3) is 0 Å². The molecule has 17 heavy (non-hydrogen) atoms. The second-order valence-corrected chi connectivity index (χ2v) is 3.67. The average Bonchev–Trinajstić information content (AvgIpc) is 2.30. The molecular formula is C13H16O4. The second-order valence-electron chi connectivity index (χ2n) is 3.67. The fourth-order valence-electron chi connectivity index (χ4n) is 1.34. The van der Waals surface area contributed by atoms with Crippen molar-refractivity contribution in [1.29, 1.82) is 0 Å². The third-order valence-electron chi connectivity index (χ3n) is 2.31. The molecule has 0 heterocycles. The summed E-state index contributed by atoms with van der Waals surface area (Å²) in [5.74, 6) is -0.360. The van der Waals surface area contributed by atoms with Crippen LogP contribution in [0.3, 0.4) is 0 Å². The normalized spacial score (nSPS) is 11.9. The molecule has 0 fully saturated rings. The summed E-state index contributed by atoms with van der Waals surface area (Å²) in [4.78, 5) is 10.9. The molecule has 0 unspecified atom stereocenters. The maximum absolute atomic E-state index is 10.9. The van der Waals surface area contributed by atoms with Crippen molar-refractivity contribution in [3.63, 3.8) is 0 Å². The summed E-state index contributed by atoms with van der Waals surface area (Å²) in [7, 11) is 0. The Balaban J connectivity index is 3.00. The monoisotopic (exact) mass is 236 g/mol. The number of hydrogen-bond acceptors (Lipinski definition) is 3. The van der Waals surface area contributed by atoms with Gasteiger partial charge in [0.2, 0.25) is 0 Å². The lowest BCUT2D eigenvalue weighted by Gasteiger charge is -2.12. The van der Waals surface area contributed by atoms with Gasteiger partial charge in [0.05, 0.1) is 5.57 Å². The van der Waals surface area contributed by atoms with Gasteiger partial charge in [-0.25, -0.2) is 4.79 Å². The zero-order chi connectivity index (χ0) is 12.8. The number of phenols is 1. The molecule has 0 amide bonds. The van der Waals surface area contributed by atoms with E-state index in [0.717, 1.165) is 6.42 Å². The molecule has 0 spiro atoms. The van der Waals surface area contributed by atoms with E-state index in [-0.39, 0.29) is 17.1 Å². The summed E-state index contributed by atoms with van der Waals surface area (Å²) in [6.07, 6.45) is 1.29. The minimum absolute atomic E-state index is 0.000656. The van der Waals surface area contributed by atoms with Crippen LogP contribution in [0, 0.1) is 0 Å². The Kier molecular flexibility index (Phi) is 4.57. The molecule has 4 nitrogen and oxygen atoms in total. The minimum Gasteiger partial charge on any atom is -0.504 e. The number of para-hydroxylation sites is 2. The fraction of sp³-hybridized carbons (Fsp3) is 0.308. The number of carboxylic acids is 1. The van der Waals surface area contributed by atoms with Crippen LogP contribution in [0.4, 0.5) is 0 Å². The highest BCUT2D eigenvalue weighted by atomic mass is 16.5. The first-order chi connectivity index (χ1) is 8.06. The number of carboxylic acid groups (broad SMARTS) is 1. The smallest absolute Gasteiger partial charge is 0.334 e. The molecule has 1 rings (SSSR count). The van der Waals surface area contributed by atoms with Gasteiger partial charge in [-0.3, -0.25) is 0 Å². The standard InChI is InChI=1S/C13H16O4/c1-3-6-11(9(2)13(15)16)17-12-8-5-4-7-10(12)14/h4-5,7-8,14H,3,6H2,1-2H3,(H,15,16)/b11-9+. The van der Waals surface area contributed by atoms with Crippen molar-refractivity contribution < 1.29 is 19.7 Å². The molecule has 0 bridgehead atoms. The highest BCUT2D eigenvalue weighted by molar-refractivity contribution is 5.86. The number of aliphatic carboxylic acids is 1. The van der Waals surface area contributed by atoms with E-state index in [4.69, 9.17) is 9.84 Å². The number of aromatic hydroxyl groups is 1. The van der Waals surface area contributed by atoms with Gasteiger partial charge < -0.3 is 14.9 Å². The zero-order valence-electron chi connectivity index (χ0n) is 9.93. The second kappa shape index (κ2) is 5.94. The maximum atomic E-state index is 10.9. The van der Waals surface area contributed by atoms with E-state index < -0.39 is 5.97 Å². The first kappa shape index (κ1) is 13.1. The van der Waals surface area contributed by atoms with E-state index in [1.54, 1.807) is 18.2 Å². The van der Waals surface area contributed by atoms with Crippen molar-refractivity contribution in [2.45, 2.75) is 26.7 Å². The van der Waals surface area contributed by atoms with Gasteiger partial charge in [-0.1, -0.05) is 19.1 Å². The van der Waals surface area contributed by atoms with Crippen LogP contribution in [0.5, 0.6) is 11.5 Å². The van der Waals surface area contributed by atoms with Crippen molar-refractivity contribution in [3.8, 4) is 11.5 Å². The Labute approximate surface area is 100 Å². The first-order valence-electron chi connectivity index (χ1n) is 5.45. The first-order valence-corrected chi connectivity index (χ1v) is 5.45. The van der Waals surface area contributed by atoms with Crippen LogP contribution in [0.1, 0.15) is 26.7 Å². The SMILES string of the molecule is CCC/C(Oc1ccccc1O)=C(/C)C(=O)O. The summed E-state index contributed by atoms with van der Waals surface area (Å²) >= 11 is 0. The van der Waals surface area contributed by atoms with Crippen molar-refractivity contribution in [3.05, 3.63) is 35.6 Å². The number of hydrogen-bond donors (Lipinski definition) is 2.